The molecule has 1 unspecified atom stereocenters. The molecule has 3 aromatic heterocycles. The van der Waals surface area contributed by atoms with Gasteiger partial charge in [-0.3, -0.25) is 38.9 Å². The monoisotopic (exact) mass is 865 g/mol. The standard InChI is InChI=1S/C44H55N11O8/c1-44(2,61)38-33(47-40(57)31-24-46-53-18-14-35(48-39(31)53)52-19-22-62-23-20-52)26-54(50-38)28-8-6-27(7-9-28)25-51-16-12-29(13-17-51)63-21-15-45-32-5-3-4-30-37(32)43(60)55(42(30)59)34-10-11-36(56)49-41(34)58/h3-5,14,18,24,26-29,34,45,61H,6-13,15-17,19-23,25H2,1-2H3,(H,47,57)(H,49,56,58). The molecule has 63 heavy (non-hydrogen) atoms. The van der Waals surface area contributed by atoms with Crippen LogP contribution in [-0.2, 0) is 24.7 Å². The Labute approximate surface area is 364 Å². The number of aromatic nitrogens is 5. The third-order valence-electron chi connectivity index (χ3n) is 13.0. The molecular weight excluding hydrogens is 811 g/mol. The van der Waals surface area contributed by atoms with Crippen molar-refractivity contribution < 1.29 is 38.6 Å². The zero-order chi connectivity index (χ0) is 43.8. The summed E-state index contributed by atoms with van der Waals surface area (Å²) in [4.78, 5) is 74.8. The van der Waals surface area contributed by atoms with Crippen LogP contribution in [-0.4, -0.2) is 140 Å². The first kappa shape index (κ1) is 42.5. The van der Waals surface area contributed by atoms with Gasteiger partial charge in [0.1, 0.15) is 28.7 Å². The Morgan fingerprint density at radius 1 is 0.968 bits per heavy atom. The van der Waals surface area contributed by atoms with Gasteiger partial charge in [-0.2, -0.15) is 10.2 Å². The third kappa shape index (κ3) is 8.91. The number of carbonyl (C=O) groups excluding carboxylic acids is 5. The molecule has 0 bridgehead atoms. The number of piperidine rings is 2. The highest BCUT2D eigenvalue weighted by Crippen LogP contribution is 2.37. The van der Waals surface area contributed by atoms with Gasteiger partial charge in [-0.15, -0.1) is 0 Å². The van der Waals surface area contributed by atoms with Crippen LogP contribution in [0, 0.1) is 5.92 Å². The summed E-state index contributed by atoms with van der Waals surface area (Å²) in [6.07, 6.45) is 11.3. The first-order valence-corrected chi connectivity index (χ1v) is 22.1. The lowest BCUT2D eigenvalue weighted by Crippen LogP contribution is -2.54. The third-order valence-corrected chi connectivity index (χ3v) is 13.0. The molecule has 4 fully saturated rings. The largest absolute Gasteiger partial charge is 0.384 e. The van der Waals surface area contributed by atoms with E-state index in [9.17, 15) is 29.1 Å². The summed E-state index contributed by atoms with van der Waals surface area (Å²) >= 11 is 0. The maximum Gasteiger partial charge on any atom is 0.264 e. The Morgan fingerprint density at radius 3 is 2.49 bits per heavy atom. The van der Waals surface area contributed by atoms with Gasteiger partial charge in [-0.25, -0.2) is 9.50 Å². The molecule has 1 saturated carbocycles. The number of aliphatic hydroxyl groups is 1. The van der Waals surface area contributed by atoms with E-state index >= 15 is 0 Å². The Balaban J connectivity index is 0.728. The number of anilines is 3. The van der Waals surface area contributed by atoms with E-state index in [1.807, 2.05) is 16.9 Å². The number of fused-ring (bicyclic) bond motifs is 2. The fraction of sp³-hybridized carbons (Fsp3) is 0.545. The molecule has 1 atom stereocenters. The minimum atomic E-state index is -1.28. The summed E-state index contributed by atoms with van der Waals surface area (Å²) in [5, 5.41) is 28.8. The van der Waals surface area contributed by atoms with Crippen molar-refractivity contribution >= 4 is 52.4 Å². The van der Waals surface area contributed by atoms with E-state index in [1.54, 1.807) is 42.8 Å². The Bertz CT molecular complexity index is 2390. The van der Waals surface area contributed by atoms with Crippen molar-refractivity contribution in [1.82, 2.24) is 39.5 Å². The van der Waals surface area contributed by atoms with E-state index in [-0.39, 0.29) is 42.0 Å². The molecule has 3 saturated heterocycles. The second-order valence-corrected chi connectivity index (χ2v) is 17.7. The summed E-state index contributed by atoms with van der Waals surface area (Å²) < 4.78 is 15.2. The van der Waals surface area contributed by atoms with E-state index in [2.05, 4.69) is 30.8 Å². The van der Waals surface area contributed by atoms with Crippen LogP contribution in [0.25, 0.3) is 5.65 Å². The topological polar surface area (TPSA) is 218 Å². The fourth-order valence-corrected chi connectivity index (χ4v) is 9.59. The van der Waals surface area contributed by atoms with Crippen LogP contribution in [0.4, 0.5) is 17.2 Å². The van der Waals surface area contributed by atoms with Crippen molar-refractivity contribution in [2.24, 2.45) is 5.92 Å². The fourth-order valence-electron chi connectivity index (χ4n) is 9.59. The molecule has 9 rings (SSSR count). The Morgan fingerprint density at radius 2 is 1.75 bits per heavy atom. The van der Waals surface area contributed by atoms with Crippen LogP contribution >= 0.6 is 0 Å². The number of morpholine rings is 1. The molecule has 19 nitrogen and oxygen atoms in total. The summed E-state index contributed by atoms with van der Waals surface area (Å²) in [6.45, 7) is 9.83. The van der Waals surface area contributed by atoms with E-state index in [1.165, 1.54) is 6.20 Å². The number of imide groups is 2. The summed E-state index contributed by atoms with van der Waals surface area (Å²) in [6, 6.07) is 6.06. The minimum absolute atomic E-state index is 0.0696. The molecule has 334 valence electrons. The minimum Gasteiger partial charge on any atom is -0.384 e. The van der Waals surface area contributed by atoms with Gasteiger partial charge < -0.3 is 35.0 Å². The highest BCUT2D eigenvalue weighted by molar-refractivity contribution is 6.25. The van der Waals surface area contributed by atoms with Crippen LogP contribution in [0.2, 0.25) is 0 Å². The second kappa shape index (κ2) is 17.8. The Kier molecular flexibility index (Phi) is 12.0. The molecule has 1 aromatic carbocycles. The first-order chi connectivity index (χ1) is 30.4. The van der Waals surface area contributed by atoms with Gasteiger partial charge in [-0.1, -0.05) is 6.07 Å². The smallest absolute Gasteiger partial charge is 0.264 e. The molecule has 19 heteroatoms. The summed E-state index contributed by atoms with van der Waals surface area (Å²) in [7, 11) is 0. The molecular formula is C44H55N11O8. The van der Waals surface area contributed by atoms with Crippen LogP contribution in [0.5, 0.6) is 0 Å². The molecule has 4 N–H and O–H groups in total. The number of rotatable bonds is 13. The molecule has 5 amide bonds. The molecule has 7 heterocycles. The average Bonchev–Trinajstić information content (AvgIpc) is 3.98. The quantitative estimate of drug-likeness (QED) is 0.112. The van der Waals surface area contributed by atoms with E-state index in [0.29, 0.717) is 60.6 Å². The predicted octanol–water partition coefficient (Wildman–Crippen LogP) is 2.97. The van der Waals surface area contributed by atoms with E-state index in [0.717, 1.165) is 82.0 Å². The van der Waals surface area contributed by atoms with Gasteiger partial charge in [0, 0.05) is 63.8 Å². The van der Waals surface area contributed by atoms with Gasteiger partial charge in [0.05, 0.1) is 55.0 Å². The van der Waals surface area contributed by atoms with Gasteiger partial charge in [0.15, 0.2) is 5.65 Å². The van der Waals surface area contributed by atoms with Gasteiger partial charge in [0.25, 0.3) is 17.7 Å². The predicted molar refractivity (Wildman–Crippen MR) is 229 cm³/mol. The normalized spacial score (nSPS) is 22.7. The van der Waals surface area contributed by atoms with Crippen LogP contribution in [0.3, 0.4) is 0 Å². The zero-order valence-electron chi connectivity index (χ0n) is 35.8. The highest BCUT2D eigenvalue weighted by Gasteiger charge is 2.45. The number of ether oxygens (including phenoxy) is 2. The van der Waals surface area contributed by atoms with E-state index < -0.39 is 35.3 Å². The van der Waals surface area contributed by atoms with Crippen LogP contribution < -0.4 is 20.9 Å². The maximum absolute atomic E-state index is 13.7. The van der Waals surface area contributed by atoms with Crippen molar-refractivity contribution in [3.05, 3.63) is 65.2 Å². The highest BCUT2D eigenvalue weighted by atomic mass is 16.5. The van der Waals surface area contributed by atoms with Crippen LogP contribution in [0.15, 0.2) is 42.9 Å². The van der Waals surface area contributed by atoms with Crippen molar-refractivity contribution in [2.75, 3.05) is 74.6 Å². The molecule has 4 aliphatic heterocycles. The number of hydrogen-bond donors (Lipinski definition) is 4. The Hall–Kier alpha value is -5.76. The number of nitrogens with one attached hydrogen (secondary N) is 3. The maximum atomic E-state index is 13.7. The average molecular weight is 866 g/mol. The second-order valence-electron chi connectivity index (χ2n) is 17.7. The number of nitrogens with zero attached hydrogens (tertiary/aromatic N) is 8. The summed E-state index contributed by atoms with van der Waals surface area (Å²) in [5.74, 6) is -1.16. The van der Waals surface area contributed by atoms with Gasteiger partial charge >= 0.3 is 0 Å². The zero-order valence-corrected chi connectivity index (χ0v) is 35.8. The van der Waals surface area contributed by atoms with Crippen molar-refractivity contribution in [3.63, 3.8) is 0 Å². The molecule has 0 radical (unpaired) electrons. The lowest BCUT2D eigenvalue weighted by Gasteiger charge is -2.36. The lowest BCUT2D eigenvalue weighted by molar-refractivity contribution is -0.136. The number of carbonyl (C=O) groups is 5. The molecule has 0 spiro atoms. The number of likely N-dealkylation sites (tertiary alicyclic amines) is 1. The molecule has 4 aromatic rings. The number of benzene rings is 1. The van der Waals surface area contributed by atoms with Crippen molar-refractivity contribution in [3.8, 4) is 0 Å². The van der Waals surface area contributed by atoms with Gasteiger partial charge in [0.2, 0.25) is 11.8 Å². The lowest BCUT2D eigenvalue weighted by atomic mass is 9.85. The SMILES string of the molecule is CC(C)(O)c1nn(C2CCC(CN3CCC(OCCNc4cccc5c4C(=O)N(C4CCC(=O)NC4=O)C5=O)CC3)CC2)cc1NC(=O)c1cnn2ccc(N3CCOCC3)nc12. The van der Waals surface area contributed by atoms with Crippen molar-refractivity contribution in [1.29, 1.82) is 0 Å². The molecule has 1 aliphatic carbocycles. The van der Waals surface area contributed by atoms with Crippen LogP contribution in [0.1, 0.15) is 108 Å². The molecule has 5 aliphatic rings. The van der Waals surface area contributed by atoms with Crippen molar-refractivity contribution in [2.45, 2.75) is 89.0 Å². The number of amides is 5. The first-order valence-electron chi connectivity index (χ1n) is 22.1. The number of hydrogen-bond acceptors (Lipinski definition) is 14. The van der Waals surface area contributed by atoms with E-state index in [4.69, 9.17) is 19.6 Å². The summed E-state index contributed by atoms with van der Waals surface area (Å²) in [5.41, 5.74) is 1.37. The van der Waals surface area contributed by atoms with Gasteiger partial charge in [-0.05, 0) is 82.9 Å².